The molecule has 0 aliphatic heterocycles. The SMILES string of the molecule is Cc1nn(C)c(C)c1-c1cc(C(=O)NCCN(C)C2CC2)[nH]n1. The molecule has 0 saturated heterocycles. The molecule has 1 saturated carbocycles. The van der Waals surface area contributed by atoms with Crippen molar-refractivity contribution in [2.24, 2.45) is 7.05 Å². The molecule has 124 valence electrons. The smallest absolute Gasteiger partial charge is 0.269 e. The maximum Gasteiger partial charge on any atom is 0.269 e. The van der Waals surface area contributed by atoms with Crippen molar-refractivity contribution in [1.29, 1.82) is 0 Å². The Balaban J connectivity index is 1.63. The van der Waals surface area contributed by atoms with E-state index in [0.29, 0.717) is 18.3 Å². The van der Waals surface area contributed by atoms with E-state index in [4.69, 9.17) is 0 Å². The largest absolute Gasteiger partial charge is 0.349 e. The third-order valence-corrected chi connectivity index (χ3v) is 4.51. The Morgan fingerprint density at radius 1 is 1.48 bits per heavy atom. The van der Waals surface area contributed by atoms with Crippen molar-refractivity contribution in [2.75, 3.05) is 20.1 Å². The predicted octanol–water partition coefficient (Wildman–Crippen LogP) is 1.25. The van der Waals surface area contributed by atoms with Gasteiger partial charge in [-0.15, -0.1) is 0 Å². The fraction of sp³-hybridized carbons (Fsp3) is 0.562. The molecule has 0 radical (unpaired) electrons. The molecule has 1 fully saturated rings. The fourth-order valence-corrected chi connectivity index (χ4v) is 2.85. The van der Waals surface area contributed by atoms with Gasteiger partial charge in [-0.1, -0.05) is 0 Å². The summed E-state index contributed by atoms with van der Waals surface area (Å²) in [5.74, 6) is -0.118. The van der Waals surface area contributed by atoms with Crippen LogP contribution in [0.2, 0.25) is 0 Å². The zero-order valence-corrected chi connectivity index (χ0v) is 14.2. The highest BCUT2D eigenvalue weighted by Gasteiger charge is 2.25. The van der Waals surface area contributed by atoms with Crippen molar-refractivity contribution in [2.45, 2.75) is 32.7 Å². The molecular formula is C16H24N6O. The van der Waals surface area contributed by atoms with E-state index >= 15 is 0 Å². The van der Waals surface area contributed by atoms with Crippen molar-refractivity contribution in [3.05, 3.63) is 23.1 Å². The molecule has 23 heavy (non-hydrogen) atoms. The van der Waals surface area contributed by atoms with Gasteiger partial charge in [-0.2, -0.15) is 10.2 Å². The normalized spacial score (nSPS) is 14.5. The van der Waals surface area contributed by atoms with Crippen LogP contribution in [0, 0.1) is 13.8 Å². The van der Waals surface area contributed by atoms with E-state index in [1.54, 1.807) is 6.07 Å². The van der Waals surface area contributed by atoms with Gasteiger partial charge in [0.1, 0.15) is 5.69 Å². The number of rotatable bonds is 6. The van der Waals surface area contributed by atoms with Crippen molar-refractivity contribution in [3.63, 3.8) is 0 Å². The molecule has 3 rings (SSSR count). The van der Waals surface area contributed by atoms with Crippen LogP contribution in [0.3, 0.4) is 0 Å². The van der Waals surface area contributed by atoms with E-state index in [0.717, 1.165) is 29.2 Å². The summed E-state index contributed by atoms with van der Waals surface area (Å²) in [6.07, 6.45) is 2.55. The number of H-pyrrole nitrogens is 1. The Kier molecular flexibility index (Phi) is 4.21. The van der Waals surface area contributed by atoms with Gasteiger partial charge in [-0.3, -0.25) is 14.6 Å². The van der Waals surface area contributed by atoms with Crippen LogP contribution in [0.5, 0.6) is 0 Å². The molecule has 2 N–H and O–H groups in total. The second-order valence-electron chi connectivity index (χ2n) is 6.30. The van der Waals surface area contributed by atoms with Crippen LogP contribution in [-0.4, -0.2) is 57.0 Å². The number of likely N-dealkylation sites (N-methyl/N-ethyl adjacent to an activating group) is 1. The van der Waals surface area contributed by atoms with Crippen molar-refractivity contribution < 1.29 is 4.79 Å². The summed E-state index contributed by atoms with van der Waals surface area (Å²) in [5.41, 5.74) is 4.17. The molecule has 1 aliphatic carbocycles. The lowest BCUT2D eigenvalue weighted by molar-refractivity contribution is 0.0944. The van der Waals surface area contributed by atoms with Crippen molar-refractivity contribution in [1.82, 2.24) is 30.2 Å². The van der Waals surface area contributed by atoms with Crippen LogP contribution >= 0.6 is 0 Å². The second-order valence-corrected chi connectivity index (χ2v) is 6.30. The number of hydrogen-bond donors (Lipinski definition) is 2. The monoisotopic (exact) mass is 316 g/mol. The van der Waals surface area contributed by atoms with Gasteiger partial charge < -0.3 is 10.2 Å². The minimum Gasteiger partial charge on any atom is -0.349 e. The number of carbonyl (C=O) groups excluding carboxylic acids is 1. The van der Waals surface area contributed by atoms with Gasteiger partial charge >= 0.3 is 0 Å². The van der Waals surface area contributed by atoms with E-state index in [1.165, 1.54) is 12.8 Å². The van der Waals surface area contributed by atoms with Gasteiger partial charge in [-0.05, 0) is 39.8 Å². The van der Waals surface area contributed by atoms with Crippen LogP contribution in [0.1, 0.15) is 34.7 Å². The Bertz CT molecular complexity index is 712. The van der Waals surface area contributed by atoms with E-state index < -0.39 is 0 Å². The fourth-order valence-electron chi connectivity index (χ4n) is 2.85. The highest BCUT2D eigenvalue weighted by molar-refractivity contribution is 5.93. The maximum absolute atomic E-state index is 12.2. The zero-order valence-electron chi connectivity index (χ0n) is 14.2. The molecule has 2 aromatic heterocycles. The summed E-state index contributed by atoms with van der Waals surface area (Å²) >= 11 is 0. The Labute approximate surface area is 136 Å². The number of nitrogens with zero attached hydrogens (tertiary/aromatic N) is 4. The standard InChI is InChI=1S/C16H24N6O/c1-10-15(11(2)22(4)20-10)13-9-14(19-18-13)16(23)17-7-8-21(3)12-5-6-12/h9,12H,5-8H2,1-4H3,(H,17,23)(H,18,19). The van der Waals surface area contributed by atoms with Gasteiger partial charge in [0, 0.05) is 37.4 Å². The Morgan fingerprint density at radius 2 is 2.22 bits per heavy atom. The second kappa shape index (κ2) is 6.16. The number of nitrogens with one attached hydrogen (secondary N) is 2. The molecule has 7 nitrogen and oxygen atoms in total. The summed E-state index contributed by atoms with van der Waals surface area (Å²) in [7, 11) is 4.01. The van der Waals surface area contributed by atoms with E-state index in [9.17, 15) is 4.79 Å². The van der Waals surface area contributed by atoms with Crippen LogP contribution in [0.25, 0.3) is 11.3 Å². The van der Waals surface area contributed by atoms with Gasteiger partial charge in [0.05, 0.1) is 11.4 Å². The number of amides is 1. The summed E-state index contributed by atoms with van der Waals surface area (Å²) in [6, 6.07) is 2.50. The third kappa shape index (κ3) is 3.29. The molecule has 1 aliphatic rings. The molecule has 7 heteroatoms. The lowest BCUT2D eigenvalue weighted by Crippen LogP contribution is -2.34. The summed E-state index contributed by atoms with van der Waals surface area (Å²) in [4.78, 5) is 14.5. The van der Waals surface area contributed by atoms with Gasteiger partial charge in [-0.25, -0.2) is 0 Å². The van der Waals surface area contributed by atoms with E-state index in [2.05, 4.69) is 32.6 Å². The highest BCUT2D eigenvalue weighted by atomic mass is 16.1. The first kappa shape index (κ1) is 15.7. The number of hydrogen-bond acceptors (Lipinski definition) is 4. The first-order valence-electron chi connectivity index (χ1n) is 8.01. The van der Waals surface area contributed by atoms with Crippen LogP contribution in [0.15, 0.2) is 6.07 Å². The minimum atomic E-state index is -0.118. The number of aromatic amines is 1. The summed E-state index contributed by atoms with van der Waals surface area (Å²) < 4.78 is 1.83. The lowest BCUT2D eigenvalue weighted by atomic mass is 10.1. The average molecular weight is 316 g/mol. The van der Waals surface area contributed by atoms with Gasteiger partial charge in [0.15, 0.2) is 0 Å². The third-order valence-electron chi connectivity index (χ3n) is 4.51. The van der Waals surface area contributed by atoms with Crippen molar-refractivity contribution in [3.8, 4) is 11.3 Å². The molecule has 0 aromatic carbocycles. The Hall–Kier alpha value is -2.15. The minimum absolute atomic E-state index is 0.118. The van der Waals surface area contributed by atoms with E-state index in [-0.39, 0.29) is 5.91 Å². The summed E-state index contributed by atoms with van der Waals surface area (Å²) in [6.45, 7) is 5.46. The summed E-state index contributed by atoms with van der Waals surface area (Å²) in [5, 5.41) is 14.4. The van der Waals surface area contributed by atoms with Crippen LogP contribution < -0.4 is 5.32 Å². The molecule has 2 heterocycles. The number of aromatic nitrogens is 4. The Morgan fingerprint density at radius 3 is 2.83 bits per heavy atom. The molecule has 2 aromatic rings. The number of carbonyl (C=O) groups is 1. The highest BCUT2D eigenvalue weighted by Crippen LogP contribution is 2.25. The zero-order chi connectivity index (χ0) is 16.6. The molecule has 0 unspecified atom stereocenters. The quantitative estimate of drug-likeness (QED) is 0.841. The van der Waals surface area contributed by atoms with Crippen LogP contribution in [0.4, 0.5) is 0 Å². The maximum atomic E-state index is 12.2. The van der Waals surface area contributed by atoms with E-state index in [1.807, 2.05) is 25.6 Å². The van der Waals surface area contributed by atoms with Gasteiger partial charge in [0.2, 0.25) is 0 Å². The first-order valence-corrected chi connectivity index (χ1v) is 8.01. The molecule has 0 atom stereocenters. The first-order chi connectivity index (χ1) is 11.0. The molecular weight excluding hydrogens is 292 g/mol. The number of aryl methyl sites for hydroxylation is 2. The topological polar surface area (TPSA) is 78.8 Å². The molecule has 0 spiro atoms. The lowest BCUT2D eigenvalue weighted by Gasteiger charge is -2.15. The molecule has 1 amide bonds. The average Bonchev–Trinajstić information content (AvgIpc) is 3.20. The van der Waals surface area contributed by atoms with Crippen LogP contribution in [-0.2, 0) is 7.05 Å². The van der Waals surface area contributed by atoms with Gasteiger partial charge in [0.25, 0.3) is 5.91 Å². The van der Waals surface area contributed by atoms with Crippen molar-refractivity contribution >= 4 is 5.91 Å². The molecule has 0 bridgehead atoms. The predicted molar refractivity (Wildman–Crippen MR) is 88.2 cm³/mol.